The lowest BCUT2D eigenvalue weighted by Crippen LogP contribution is -2.37. The van der Waals surface area contributed by atoms with Gasteiger partial charge in [0.15, 0.2) is 5.65 Å². The van der Waals surface area contributed by atoms with Crippen LogP contribution in [0.3, 0.4) is 0 Å². The summed E-state index contributed by atoms with van der Waals surface area (Å²) in [5, 5.41) is 10.8. The number of hydrogen-bond acceptors (Lipinski definition) is 6. The monoisotopic (exact) mass is 291 g/mol. The number of aromatic amines is 1. The maximum absolute atomic E-state index is 12.0. The first-order valence-corrected chi connectivity index (χ1v) is 6.96. The fraction of sp³-hybridized carbons (Fsp3) is 0.538. The fourth-order valence-electron chi connectivity index (χ4n) is 1.94. The summed E-state index contributed by atoms with van der Waals surface area (Å²) in [7, 11) is 3.49. The summed E-state index contributed by atoms with van der Waals surface area (Å²) in [6.45, 7) is 5.63. The van der Waals surface area contributed by atoms with Crippen molar-refractivity contribution in [2.75, 3.05) is 43.9 Å². The van der Waals surface area contributed by atoms with E-state index in [4.69, 9.17) is 0 Å². The average molecular weight is 291 g/mol. The first-order valence-electron chi connectivity index (χ1n) is 6.96. The number of rotatable bonds is 6. The van der Waals surface area contributed by atoms with Gasteiger partial charge in [-0.15, -0.1) is 0 Å². The highest BCUT2D eigenvalue weighted by molar-refractivity contribution is 5.90. The molecule has 2 heterocycles. The number of aromatic nitrogens is 4. The van der Waals surface area contributed by atoms with E-state index in [1.165, 1.54) is 0 Å². The topological polar surface area (TPSA) is 90.0 Å². The zero-order chi connectivity index (χ0) is 15.4. The van der Waals surface area contributed by atoms with Crippen LogP contribution < -0.4 is 10.2 Å². The summed E-state index contributed by atoms with van der Waals surface area (Å²) in [4.78, 5) is 24.3. The minimum atomic E-state index is 0.0251. The second kappa shape index (κ2) is 6.38. The van der Waals surface area contributed by atoms with E-state index in [1.54, 1.807) is 25.2 Å². The van der Waals surface area contributed by atoms with Crippen LogP contribution in [0.15, 0.2) is 6.20 Å². The normalized spacial score (nSPS) is 10.7. The van der Waals surface area contributed by atoms with Gasteiger partial charge in [-0.2, -0.15) is 15.1 Å². The Bertz CT molecular complexity index is 622. The highest BCUT2D eigenvalue weighted by atomic mass is 16.2. The number of carbonyl (C=O) groups is 1. The van der Waals surface area contributed by atoms with Crippen LogP contribution in [0.25, 0.3) is 11.0 Å². The van der Waals surface area contributed by atoms with Gasteiger partial charge in [0, 0.05) is 27.2 Å². The van der Waals surface area contributed by atoms with Gasteiger partial charge in [0.2, 0.25) is 11.9 Å². The minimum Gasteiger partial charge on any atom is -0.354 e. The molecular weight excluding hydrogens is 270 g/mol. The highest BCUT2D eigenvalue weighted by Gasteiger charge is 2.18. The zero-order valence-electron chi connectivity index (χ0n) is 12.8. The predicted octanol–water partition coefficient (Wildman–Crippen LogP) is 0.699. The second-order valence-corrected chi connectivity index (χ2v) is 4.84. The first kappa shape index (κ1) is 15.0. The third kappa shape index (κ3) is 3.21. The zero-order valence-corrected chi connectivity index (χ0v) is 12.8. The molecule has 1 amide bonds. The molecule has 21 heavy (non-hydrogen) atoms. The molecule has 8 heteroatoms. The average Bonchev–Trinajstić information content (AvgIpc) is 2.92. The van der Waals surface area contributed by atoms with Gasteiger partial charge in [0.05, 0.1) is 18.1 Å². The molecule has 0 aliphatic heterocycles. The number of carbonyl (C=O) groups excluding carboxylic acids is 1. The highest BCUT2D eigenvalue weighted by Crippen LogP contribution is 2.23. The van der Waals surface area contributed by atoms with Crippen LogP contribution in [0.2, 0.25) is 0 Å². The molecule has 0 aromatic carbocycles. The molecule has 0 saturated heterocycles. The van der Waals surface area contributed by atoms with E-state index in [-0.39, 0.29) is 12.5 Å². The molecule has 2 rings (SSSR count). The van der Waals surface area contributed by atoms with Crippen LogP contribution in [0.1, 0.15) is 13.8 Å². The van der Waals surface area contributed by atoms with Gasteiger partial charge in [-0.25, -0.2) is 0 Å². The van der Waals surface area contributed by atoms with Crippen LogP contribution in [-0.2, 0) is 4.79 Å². The molecule has 2 N–H and O–H groups in total. The van der Waals surface area contributed by atoms with Gasteiger partial charge >= 0.3 is 0 Å². The maximum Gasteiger partial charge on any atom is 0.241 e. The molecule has 0 aliphatic carbocycles. The van der Waals surface area contributed by atoms with E-state index < -0.39 is 0 Å². The number of H-pyrrole nitrogens is 1. The third-order valence-electron chi connectivity index (χ3n) is 3.13. The molecule has 0 saturated carbocycles. The summed E-state index contributed by atoms with van der Waals surface area (Å²) in [6.07, 6.45) is 1.68. The Hall–Kier alpha value is -2.38. The van der Waals surface area contributed by atoms with E-state index in [1.807, 2.05) is 18.7 Å². The Balaban J connectivity index is 2.41. The van der Waals surface area contributed by atoms with Crippen molar-refractivity contribution in [2.24, 2.45) is 0 Å². The smallest absolute Gasteiger partial charge is 0.241 e. The Labute approximate surface area is 123 Å². The summed E-state index contributed by atoms with van der Waals surface area (Å²) >= 11 is 0. The van der Waals surface area contributed by atoms with Gasteiger partial charge in [0.25, 0.3) is 0 Å². The summed E-state index contributed by atoms with van der Waals surface area (Å²) < 4.78 is 0. The fourth-order valence-corrected chi connectivity index (χ4v) is 1.94. The molecule has 0 fully saturated rings. The molecular formula is C13H21N7O. The van der Waals surface area contributed by atoms with Crippen molar-refractivity contribution in [3.8, 4) is 0 Å². The van der Waals surface area contributed by atoms with Crippen LogP contribution in [0, 0.1) is 0 Å². The molecule has 0 unspecified atom stereocenters. The summed E-state index contributed by atoms with van der Waals surface area (Å²) in [6, 6.07) is 0. The van der Waals surface area contributed by atoms with Crippen molar-refractivity contribution < 1.29 is 4.79 Å². The largest absolute Gasteiger partial charge is 0.354 e. The first-order chi connectivity index (χ1) is 10.1. The Morgan fingerprint density at radius 2 is 2.10 bits per heavy atom. The van der Waals surface area contributed by atoms with Crippen LogP contribution in [-0.4, -0.2) is 64.7 Å². The van der Waals surface area contributed by atoms with Gasteiger partial charge < -0.3 is 15.1 Å². The van der Waals surface area contributed by atoms with E-state index >= 15 is 0 Å². The number of hydrogen-bond donors (Lipinski definition) is 2. The lowest BCUT2D eigenvalue weighted by molar-refractivity contribution is -0.127. The van der Waals surface area contributed by atoms with E-state index in [0.29, 0.717) is 24.0 Å². The number of fused-ring (bicyclic) bond motifs is 1. The van der Waals surface area contributed by atoms with Crippen molar-refractivity contribution in [1.82, 2.24) is 25.1 Å². The molecule has 2 aromatic heterocycles. The molecule has 0 aliphatic rings. The van der Waals surface area contributed by atoms with Crippen molar-refractivity contribution in [1.29, 1.82) is 0 Å². The van der Waals surface area contributed by atoms with Crippen molar-refractivity contribution >= 4 is 28.7 Å². The summed E-state index contributed by atoms with van der Waals surface area (Å²) in [5.41, 5.74) is 0.659. The lowest BCUT2D eigenvalue weighted by atomic mass is 10.3. The molecule has 114 valence electrons. The lowest BCUT2D eigenvalue weighted by Gasteiger charge is -2.24. The number of amides is 1. The second-order valence-electron chi connectivity index (χ2n) is 4.84. The van der Waals surface area contributed by atoms with Gasteiger partial charge in [-0.05, 0) is 13.8 Å². The van der Waals surface area contributed by atoms with Crippen LogP contribution in [0.4, 0.5) is 11.8 Å². The SMILES string of the molecule is CCNc1nc(N(CC)CC(=O)N(C)C)c2cn[nH]c2n1. The number of anilines is 2. The molecule has 0 atom stereocenters. The number of likely N-dealkylation sites (N-methyl/N-ethyl adjacent to an activating group) is 2. The molecule has 8 nitrogen and oxygen atoms in total. The van der Waals surface area contributed by atoms with Crippen molar-refractivity contribution in [2.45, 2.75) is 13.8 Å². The molecule has 0 spiro atoms. The van der Waals surface area contributed by atoms with Crippen LogP contribution in [0.5, 0.6) is 0 Å². The van der Waals surface area contributed by atoms with E-state index in [9.17, 15) is 4.79 Å². The number of nitrogens with zero attached hydrogens (tertiary/aromatic N) is 5. The maximum atomic E-state index is 12.0. The molecule has 0 bridgehead atoms. The van der Waals surface area contributed by atoms with Gasteiger partial charge in [0.1, 0.15) is 5.82 Å². The third-order valence-corrected chi connectivity index (χ3v) is 3.13. The van der Waals surface area contributed by atoms with Gasteiger partial charge in [-0.1, -0.05) is 0 Å². The Morgan fingerprint density at radius 1 is 1.33 bits per heavy atom. The minimum absolute atomic E-state index is 0.0251. The van der Waals surface area contributed by atoms with Crippen molar-refractivity contribution in [3.63, 3.8) is 0 Å². The van der Waals surface area contributed by atoms with E-state index in [2.05, 4.69) is 25.5 Å². The van der Waals surface area contributed by atoms with Crippen molar-refractivity contribution in [3.05, 3.63) is 6.20 Å². The van der Waals surface area contributed by atoms with Gasteiger partial charge in [-0.3, -0.25) is 9.89 Å². The van der Waals surface area contributed by atoms with E-state index in [0.717, 1.165) is 11.9 Å². The number of nitrogens with one attached hydrogen (secondary N) is 2. The Kier molecular flexibility index (Phi) is 4.56. The Morgan fingerprint density at radius 3 is 2.71 bits per heavy atom. The quantitative estimate of drug-likeness (QED) is 0.814. The standard InChI is InChI=1S/C13H21N7O/c1-5-14-13-16-11-9(7-15-18-11)12(17-13)20(6-2)8-10(21)19(3)4/h7H,5-6,8H2,1-4H3,(H2,14,15,16,17,18). The van der Waals surface area contributed by atoms with Crippen LogP contribution >= 0.6 is 0 Å². The molecule has 0 radical (unpaired) electrons. The summed E-state index contributed by atoms with van der Waals surface area (Å²) in [5.74, 6) is 1.26. The predicted molar refractivity (Wildman–Crippen MR) is 82.4 cm³/mol. The molecule has 2 aromatic rings.